The van der Waals surface area contributed by atoms with Crippen molar-refractivity contribution in [1.82, 2.24) is 4.90 Å². The number of benzene rings is 1. The van der Waals surface area contributed by atoms with Crippen molar-refractivity contribution in [2.45, 2.75) is 58.9 Å². The number of likely N-dealkylation sites (tertiary alicyclic amines) is 1. The number of aryl methyl sites for hydroxylation is 2. The van der Waals surface area contributed by atoms with Crippen LogP contribution in [0.3, 0.4) is 0 Å². The van der Waals surface area contributed by atoms with Gasteiger partial charge >= 0.3 is 0 Å². The molecular formula is C18H28N2O. The molecule has 1 heterocycles. The second-order valence-corrected chi connectivity index (χ2v) is 6.13. The summed E-state index contributed by atoms with van der Waals surface area (Å²) in [6, 6.07) is 6.14. The molecule has 0 bridgehead atoms. The van der Waals surface area contributed by atoms with Gasteiger partial charge in [0.2, 0.25) is 5.91 Å². The predicted molar refractivity (Wildman–Crippen MR) is 88.7 cm³/mol. The molecule has 1 fully saturated rings. The second-order valence-electron chi connectivity index (χ2n) is 6.13. The lowest BCUT2D eigenvalue weighted by molar-refractivity contribution is -0.121. The maximum atomic E-state index is 12.7. The number of hydrogen-bond acceptors (Lipinski definition) is 2. The average molecular weight is 288 g/mol. The van der Waals surface area contributed by atoms with E-state index in [1.807, 2.05) is 6.07 Å². The van der Waals surface area contributed by atoms with E-state index in [-0.39, 0.29) is 11.9 Å². The van der Waals surface area contributed by atoms with Crippen LogP contribution >= 0.6 is 0 Å². The van der Waals surface area contributed by atoms with E-state index >= 15 is 0 Å². The Labute approximate surface area is 128 Å². The Balaban J connectivity index is 2.09. The van der Waals surface area contributed by atoms with Crippen LogP contribution in [0.1, 0.15) is 50.2 Å². The first-order chi connectivity index (χ1) is 10.1. The average Bonchev–Trinajstić information content (AvgIpc) is 2.73. The van der Waals surface area contributed by atoms with Gasteiger partial charge in [-0.05, 0) is 57.3 Å². The molecule has 21 heavy (non-hydrogen) atoms. The minimum Gasteiger partial charge on any atom is -0.324 e. The Morgan fingerprint density at radius 3 is 2.24 bits per heavy atom. The van der Waals surface area contributed by atoms with Crippen LogP contribution in [0.5, 0.6) is 0 Å². The number of nitrogens with one attached hydrogen (secondary N) is 1. The number of carbonyl (C=O) groups excluding carboxylic acids is 1. The molecule has 1 atom stereocenters. The molecule has 1 aliphatic rings. The lowest BCUT2D eigenvalue weighted by Crippen LogP contribution is -2.44. The fourth-order valence-corrected chi connectivity index (χ4v) is 3.23. The third kappa shape index (κ3) is 4.07. The van der Waals surface area contributed by atoms with Gasteiger partial charge in [-0.3, -0.25) is 9.69 Å². The van der Waals surface area contributed by atoms with Crippen LogP contribution in [0, 0.1) is 13.8 Å². The summed E-state index contributed by atoms with van der Waals surface area (Å²) in [6.45, 7) is 8.32. The van der Waals surface area contributed by atoms with Crippen LogP contribution in [0.4, 0.5) is 5.69 Å². The molecule has 116 valence electrons. The highest BCUT2D eigenvalue weighted by atomic mass is 16.2. The Morgan fingerprint density at radius 1 is 1.14 bits per heavy atom. The van der Waals surface area contributed by atoms with Gasteiger partial charge in [-0.15, -0.1) is 0 Å². The SMILES string of the molecule is CCC(C(=O)Nc1c(C)cccc1C)N1CCCCCC1. The minimum absolute atomic E-state index is 0.00195. The van der Waals surface area contributed by atoms with E-state index in [4.69, 9.17) is 0 Å². The first kappa shape index (κ1) is 16.0. The van der Waals surface area contributed by atoms with Crippen LogP contribution in [0.25, 0.3) is 0 Å². The van der Waals surface area contributed by atoms with Gasteiger partial charge in [0.25, 0.3) is 0 Å². The van der Waals surface area contributed by atoms with Gasteiger partial charge in [0.15, 0.2) is 0 Å². The molecule has 0 saturated carbocycles. The van der Waals surface area contributed by atoms with Crippen molar-refractivity contribution in [1.29, 1.82) is 0 Å². The molecule has 1 aromatic rings. The third-order valence-corrected chi connectivity index (χ3v) is 4.50. The van der Waals surface area contributed by atoms with E-state index < -0.39 is 0 Å². The van der Waals surface area contributed by atoms with E-state index in [2.05, 4.69) is 43.1 Å². The molecule has 1 N–H and O–H groups in total. The fraction of sp³-hybridized carbons (Fsp3) is 0.611. The number of amides is 1. The normalized spacial score (nSPS) is 18.0. The summed E-state index contributed by atoms with van der Waals surface area (Å²) in [5, 5.41) is 3.17. The molecule has 0 aliphatic carbocycles. The summed E-state index contributed by atoms with van der Waals surface area (Å²) in [5.74, 6) is 0.150. The van der Waals surface area contributed by atoms with Gasteiger partial charge in [-0.2, -0.15) is 0 Å². The molecule has 3 nitrogen and oxygen atoms in total. The van der Waals surface area contributed by atoms with Crippen LogP contribution in [-0.2, 0) is 4.79 Å². The summed E-state index contributed by atoms with van der Waals surface area (Å²) in [4.78, 5) is 15.1. The number of nitrogens with zero attached hydrogens (tertiary/aromatic N) is 1. The number of anilines is 1. The molecule has 0 radical (unpaired) electrons. The molecule has 1 unspecified atom stereocenters. The van der Waals surface area contributed by atoms with Crippen molar-refractivity contribution in [3.8, 4) is 0 Å². The zero-order chi connectivity index (χ0) is 15.2. The Kier molecular flexibility index (Phi) is 5.80. The van der Waals surface area contributed by atoms with Crippen molar-refractivity contribution in [3.63, 3.8) is 0 Å². The van der Waals surface area contributed by atoms with Crippen molar-refractivity contribution in [2.24, 2.45) is 0 Å². The van der Waals surface area contributed by atoms with Gasteiger partial charge in [-0.1, -0.05) is 38.0 Å². The predicted octanol–water partition coefficient (Wildman–Crippen LogP) is 3.90. The van der Waals surface area contributed by atoms with E-state index in [9.17, 15) is 4.79 Å². The number of carbonyl (C=O) groups is 1. The Hall–Kier alpha value is -1.35. The summed E-state index contributed by atoms with van der Waals surface area (Å²) in [5.41, 5.74) is 3.25. The quantitative estimate of drug-likeness (QED) is 0.911. The fourth-order valence-electron chi connectivity index (χ4n) is 3.23. The Bertz CT molecular complexity index is 456. The highest BCUT2D eigenvalue weighted by molar-refractivity contribution is 5.96. The third-order valence-electron chi connectivity index (χ3n) is 4.50. The van der Waals surface area contributed by atoms with E-state index in [0.29, 0.717) is 0 Å². The largest absolute Gasteiger partial charge is 0.324 e. The lowest BCUT2D eigenvalue weighted by Gasteiger charge is -2.29. The van der Waals surface area contributed by atoms with Gasteiger partial charge in [0, 0.05) is 5.69 Å². The second kappa shape index (κ2) is 7.60. The molecule has 1 aliphatic heterocycles. The van der Waals surface area contributed by atoms with Crippen LogP contribution in [0.15, 0.2) is 18.2 Å². The first-order valence-corrected chi connectivity index (χ1v) is 8.24. The lowest BCUT2D eigenvalue weighted by atomic mass is 10.1. The van der Waals surface area contributed by atoms with Crippen molar-refractivity contribution < 1.29 is 4.79 Å². The summed E-state index contributed by atoms with van der Waals surface area (Å²) in [6.07, 6.45) is 5.90. The molecule has 1 saturated heterocycles. The minimum atomic E-state index is 0.00195. The maximum Gasteiger partial charge on any atom is 0.241 e. The van der Waals surface area contributed by atoms with Crippen molar-refractivity contribution in [3.05, 3.63) is 29.3 Å². The standard InChI is InChI=1S/C18H28N2O/c1-4-16(20-12-7-5-6-8-13-20)18(21)19-17-14(2)10-9-11-15(17)3/h9-11,16H,4-8,12-13H2,1-3H3,(H,19,21). The smallest absolute Gasteiger partial charge is 0.241 e. The molecule has 0 aromatic heterocycles. The highest BCUT2D eigenvalue weighted by Gasteiger charge is 2.25. The van der Waals surface area contributed by atoms with Gasteiger partial charge in [-0.25, -0.2) is 0 Å². The summed E-state index contributed by atoms with van der Waals surface area (Å²) < 4.78 is 0. The highest BCUT2D eigenvalue weighted by Crippen LogP contribution is 2.21. The van der Waals surface area contributed by atoms with Gasteiger partial charge < -0.3 is 5.32 Å². The number of rotatable bonds is 4. The van der Waals surface area contributed by atoms with Gasteiger partial charge in [0.1, 0.15) is 0 Å². The topological polar surface area (TPSA) is 32.3 Å². The molecule has 2 rings (SSSR count). The van der Waals surface area contributed by atoms with Crippen molar-refractivity contribution in [2.75, 3.05) is 18.4 Å². The molecule has 3 heteroatoms. The summed E-state index contributed by atoms with van der Waals surface area (Å²) in [7, 11) is 0. The van der Waals surface area contributed by atoms with Gasteiger partial charge in [0.05, 0.1) is 6.04 Å². The van der Waals surface area contributed by atoms with Crippen LogP contribution < -0.4 is 5.32 Å². The number of hydrogen-bond donors (Lipinski definition) is 1. The molecule has 1 amide bonds. The maximum absolute atomic E-state index is 12.7. The summed E-state index contributed by atoms with van der Waals surface area (Å²) >= 11 is 0. The molecule has 0 spiro atoms. The monoisotopic (exact) mass is 288 g/mol. The van der Waals surface area contributed by atoms with E-state index in [1.54, 1.807) is 0 Å². The molecule has 1 aromatic carbocycles. The number of para-hydroxylation sites is 1. The van der Waals surface area contributed by atoms with Crippen molar-refractivity contribution >= 4 is 11.6 Å². The van der Waals surface area contributed by atoms with E-state index in [1.165, 1.54) is 25.7 Å². The molecular weight excluding hydrogens is 260 g/mol. The van der Waals surface area contributed by atoms with Crippen LogP contribution in [-0.4, -0.2) is 29.9 Å². The van der Waals surface area contributed by atoms with Crippen LogP contribution in [0.2, 0.25) is 0 Å². The van der Waals surface area contributed by atoms with E-state index in [0.717, 1.165) is 36.3 Å². The first-order valence-electron chi connectivity index (χ1n) is 8.24. The zero-order valence-corrected chi connectivity index (χ0v) is 13.6. The zero-order valence-electron chi connectivity index (χ0n) is 13.6. The Morgan fingerprint density at radius 2 is 1.71 bits per heavy atom.